The van der Waals surface area contributed by atoms with E-state index >= 15 is 0 Å². The fourth-order valence-corrected chi connectivity index (χ4v) is 4.07. The van der Waals surface area contributed by atoms with Crippen molar-refractivity contribution < 1.29 is 9.53 Å². The molecule has 2 saturated heterocycles. The van der Waals surface area contributed by atoms with E-state index in [4.69, 9.17) is 4.74 Å². The van der Waals surface area contributed by atoms with Crippen molar-refractivity contribution in [3.05, 3.63) is 29.8 Å². The first-order valence-electron chi connectivity index (χ1n) is 8.82. The first kappa shape index (κ1) is 16.3. The lowest BCUT2D eigenvalue weighted by atomic mass is 9.88. The molecule has 126 valence electrons. The molecule has 2 heterocycles. The molecule has 3 rings (SSSR count). The van der Waals surface area contributed by atoms with Gasteiger partial charge in [-0.2, -0.15) is 0 Å². The number of piperidine rings is 1. The molecule has 4 heteroatoms. The SMILES string of the molecule is COc1ccc([C@H](C)CN2CCCC[C@@H]2[C@H]2CNC(=O)C2)cc1. The number of carbonyl (C=O) groups is 1. The summed E-state index contributed by atoms with van der Waals surface area (Å²) >= 11 is 0. The Balaban J connectivity index is 1.64. The number of amides is 1. The molecule has 0 aliphatic carbocycles. The zero-order valence-corrected chi connectivity index (χ0v) is 14.3. The second-order valence-electron chi connectivity index (χ2n) is 7.00. The molecule has 1 N–H and O–H groups in total. The van der Waals surface area contributed by atoms with Crippen LogP contribution in [0.3, 0.4) is 0 Å². The molecule has 0 aromatic heterocycles. The van der Waals surface area contributed by atoms with Crippen LogP contribution in [0.25, 0.3) is 0 Å². The van der Waals surface area contributed by atoms with E-state index in [0.29, 0.717) is 24.3 Å². The van der Waals surface area contributed by atoms with Gasteiger partial charge in [0.15, 0.2) is 0 Å². The van der Waals surface area contributed by atoms with E-state index in [1.165, 1.54) is 24.8 Å². The summed E-state index contributed by atoms with van der Waals surface area (Å²) < 4.78 is 5.24. The number of hydrogen-bond acceptors (Lipinski definition) is 3. The highest BCUT2D eigenvalue weighted by Crippen LogP contribution is 2.30. The minimum absolute atomic E-state index is 0.226. The Morgan fingerprint density at radius 3 is 2.74 bits per heavy atom. The van der Waals surface area contributed by atoms with Crippen molar-refractivity contribution in [2.24, 2.45) is 5.92 Å². The van der Waals surface area contributed by atoms with Gasteiger partial charge in [-0.05, 0) is 43.0 Å². The average Bonchev–Trinajstić information content (AvgIpc) is 3.01. The van der Waals surface area contributed by atoms with E-state index < -0.39 is 0 Å². The van der Waals surface area contributed by atoms with Crippen LogP contribution in [-0.2, 0) is 4.79 Å². The van der Waals surface area contributed by atoms with Gasteiger partial charge in [-0.1, -0.05) is 25.5 Å². The number of nitrogens with one attached hydrogen (secondary N) is 1. The molecule has 1 aromatic rings. The summed E-state index contributed by atoms with van der Waals surface area (Å²) in [4.78, 5) is 14.2. The van der Waals surface area contributed by atoms with Gasteiger partial charge in [-0.15, -0.1) is 0 Å². The van der Waals surface area contributed by atoms with Gasteiger partial charge in [0, 0.05) is 31.5 Å². The number of rotatable bonds is 5. The van der Waals surface area contributed by atoms with Gasteiger partial charge in [0.05, 0.1) is 7.11 Å². The summed E-state index contributed by atoms with van der Waals surface area (Å²) in [7, 11) is 1.70. The van der Waals surface area contributed by atoms with Crippen LogP contribution in [0.15, 0.2) is 24.3 Å². The van der Waals surface area contributed by atoms with Crippen LogP contribution >= 0.6 is 0 Å². The van der Waals surface area contributed by atoms with Gasteiger partial charge in [0.2, 0.25) is 5.91 Å². The highest BCUT2D eigenvalue weighted by atomic mass is 16.5. The molecular weight excluding hydrogens is 288 g/mol. The molecule has 0 bridgehead atoms. The molecule has 2 fully saturated rings. The van der Waals surface area contributed by atoms with E-state index in [0.717, 1.165) is 25.4 Å². The number of likely N-dealkylation sites (tertiary alicyclic amines) is 1. The summed E-state index contributed by atoms with van der Waals surface area (Å²) in [6.45, 7) is 5.39. The Morgan fingerprint density at radius 2 is 2.09 bits per heavy atom. The first-order chi connectivity index (χ1) is 11.2. The van der Waals surface area contributed by atoms with Crippen LogP contribution in [0.1, 0.15) is 44.1 Å². The van der Waals surface area contributed by atoms with Gasteiger partial charge >= 0.3 is 0 Å². The van der Waals surface area contributed by atoms with Crippen LogP contribution in [0.2, 0.25) is 0 Å². The molecule has 1 aromatic carbocycles. The highest BCUT2D eigenvalue weighted by molar-refractivity contribution is 5.78. The third kappa shape index (κ3) is 3.86. The lowest BCUT2D eigenvalue weighted by molar-refractivity contribution is -0.119. The second-order valence-corrected chi connectivity index (χ2v) is 7.00. The highest BCUT2D eigenvalue weighted by Gasteiger charge is 2.34. The summed E-state index contributed by atoms with van der Waals surface area (Å²) in [6, 6.07) is 8.98. The zero-order chi connectivity index (χ0) is 16.2. The van der Waals surface area contributed by atoms with Crippen molar-refractivity contribution in [2.45, 2.75) is 44.6 Å². The maximum absolute atomic E-state index is 11.6. The number of ether oxygens (including phenoxy) is 1. The number of nitrogens with zero attached hydrogens (tertiary/aromatic N) is 1. The van der Waals surface area contributed by atoms with Crippen molar-refractivity contribution in [1.82, 2.24) is 10.2 Å². The predicted molar refractivity (Wildman–Crippen MR) is 91.7 cm³/mol. The lowest BCUT2D eigenvalue weighted by Gasteiger charge is -2.40. The molecule has 1 amide bonds. The van der Waals surface area contributed by atoms with Gasteiger partial charge in [-0.3, -0.25) is 9.69 Å². The lowest BCUT2D eigenvalue weighted by Crippen LogP contribution is -2.46. The van der Waals surface area contributed by atoms with Crippen molar-refractivity contribution >= 4 is 5.91 Å². The summed E-state index contributed by atoms with van der Waals surface area (Å²) in [6.07, 6.45) is 4.51. The smallest absolute Gasteiger partial charge is 0.220 e. The molecule has 0 saturated carbocycles. The van der Waals surface area contributed by atoms with Gasteiger partial charge in [0.25, 0.3) is 0 Å². The Kier molecular flexibility index (Phi) is 5.21. The van der Waals surface area contributed by atoms with Crippen LogP contribution < -0.4 is 10.1 Å². The van der Waals surface area contributed by atoms with Crippen LogP contribution in [0.5, 0.6) is 5.75 Å². The zero-order valence-electron chi connectivity index (χ0n) is 14.3. The molecule has 0 radical (unpaired) electrons. The fourth-order valence-electron chi connectivity index (χ4n) is 4.07. The number of carbonyl (C=O) groups excluding carboxylic acids is 1. The summed E-state index contributed by atoms with van der Waals surface area (Å²) in [5, 5.41) is 3.01. The fraction of sp³-hybridized carbons (Fsp3) is 0.632. The third-order valence-electron chi connectivity index (χ3n) is 5.41. The topological polar surface area (TPSA) is 41.6 Å². The summed E-state index contributed by atoms with van der Waals surface area (Å²) in [5.41, 5.74) is 1.36. The van der Waals surface area contributed by atoms with Crippen LogP contribution in [0, 0.1) is 5.92 Å². The minimum Gasteiger partial charge on any atom is -0.497 e. The van der Waals surface area contributed by atoms with E-state index in [1.54, 1.807) is 7.11 Å². The van der Waals surface area contributed by atoms with E-state index in [-0.39, 0.29) is 5.91 Å². The number of hydrogen-bond donors (Lipinski definition) is 1. The van der Waals surface area contributed by atoms with E-state index in [9.17, 15) is 4.79 Å². The van der Waals surface area contributed by atoms with Crippen molar-refractivity contribution in [2.75, 3.05) is 26.7 Å². The van der Waals surface area contributed by atoms with Crippen LogP contribution in [0.4, 0.5) is 0 Å². The number of methoxy groups -OCH3 is 1. The monoisotopic (exact) mass is 316 g/mol. The van der Waals surface area contributed by atoms with Crippen molar-refractivity contribution in [1.29, 1.82) is 0 Å². The molecule has 2 aliphatic rings. The molecule has 23 heavy (non-hydrogen) atoms. The van der Waals surface area contributed by atoms with E-state index in [2.05, 4.69) is 29.3 Å². The first-order valence-corrected chi connectivity index (χ1v) is 8.82. The molecule has 0 unspecified atom stereocenters. The maximum Gasteiger partial charge on any atom is 0.220 e. The Hall–Kier alpha value is -1.55. The molecule has 4 nitrogen and oxygen atoms in total. The van der Waals surface area contributed by atoms with E-state index in [1.807, 2.05) is 12.1 Å². The standard InChI is InChI=1S/C19H28N2O2/c1-14(15-6-8-17(23-2)9-7-15)13-21-10-4-3-5-18(21)16-11-19(22)20-12-16/h6-9,14,16,18H,3-5,10-13H2,1-2H3,(H,20,22)/t14-,16-,18-/m1/s1. The largest absolute Gasteiger partial charge is 0.497 e. The van der Waals surface area contributed by atoms with Gasteiger partial charge in [0.1, 0.15) is 5.75 Å². The molecule has 3 atom stereocenters. The molecule has 0 spiro atoms. The summed E-state index contributed by atoms with van der Waals surface area (Å²) in [5.74, 6) is 2.12. The van der Waals surface area contributed by atoms with Crippen molar-refractivity contribution in [3.8, 4) is 5.75 Å². The molecule has 2 aliphatic heterocycles. The third-order valence-corrected chi connectivity index (χ3v) is 5.41. The number of benzene rings is 1. The van der Waals surface area contributed by atoms with Gasteiger partial charge in [-0.25, -0.2) is 0 Å². The quantitative estimate of drug-likeness (QED) is 0.908. The molecular formula is C19H28N2O2. The Labute approximate surface area is 139 Å². The Bertz CT molecular complexity index is 529. The average molecular weight is 316 g/mol. The Morgan fingerprint density at radius 1 is 1.30 bits per heavy atom. The maximum atomic E-state index is 11.6. The minimum atomic E-state index is 0.226. The van der Waals surface area contributed by atoms with Gasteiger partial charge < -0.3 is 10.1 Å². The second kappa shape index (κ2) is 7.35. The normalized spacial score (nSPS) is 26.8. The van der Waals surface area contributed by atoms with Crippen molar-refractivity contribution in [3.63, 3.8) is 0 Å². The predicted octanol–water partition coefficient (Wildman–Crippen LogP) is 2.79. The van der Waals surface area contributed by atoms with Crippen LogP contribution in [-0.4, -0.2) is 43.6 Å².